The van der Waals surface area contributed by atoms with E-state index in [0.29, 0.717) is 6.54 Å². The molecule has 1 aliphatic carbocycles. The van der Waals surface area contributed by atoms with Gasteiger partial charge in [0.1, 0.15) is 5.82 Å². The molecule has 0 fully saturated rings. The molecule has 2 heterocycles. The number of nitrogens with one attached hydrogen (secondary N) is 1. The minimum absolute atomic E-state index is 0.121. The molecule has 0 aliphatic heterocycles. The fraction of sp³-hybridized carbons (Fsp3) is 0.240. The average molecular weight is 414 g/mol. The molecule has 1 aliphatic rings. The van der Waals surface area contributed by atoms with E-state index >= 15 is 0 Å². The van der Waals surface area contributed by atoms with Crippen LogP contribution in [0.1, 0.15) is 45.0 Å². The molecule has 1 N–H and O–H groups in total. The summed E-state index contributed by atoms with van der Waals surface area (Å²) < 4.78 is 15.0. The summed E-state index contributed by atoms with van der Waals surface area (Å²) >= 11 is 0. The molecule has 0 bridgehead atoms. The van der Waals surface area contributed by atoms with Crippen LogP contribution in [0.25, 0.3) is 10.9 Å². The maximum Gasteiger partial charge on any atom is 0.256 e. The van der Waals surface area contributed by atoms with Gasteiger partial charge in [0.05, 0.1) is 34.7 Å². The highest BCUT2D eigenvalue weighted by atomic mass is 19.1. The second-order valence-electron chi connectivity index (χ2n) is 8.07. The Kier molecular flexibility index (Phi) is 4.77. The topological polar surface area (TPSA) is 59.8 Å². The number of hydrogen-bond acceptors (Lipinski definition) is 3. The van der Waals surface area contributed by atoms with Gasteiger partial charge in [-0.05, 0) is 62.4 Å². The zero-order valence-electron chi connectivity index (χ0n) is 17.6. The molecule has 0 radical (unpaired) electrons. The van der Waals surface area contributed by atoms with Crippen LogP contribution in [0, 0.1) is 19.7 Å². The lowest BCUT2D eigenvalue weighted by atomic mass is 10.0. The van der Waals surface area contributed by atoms with E-state index in [1.54, 1.807) is 12.1 Å². The lowest BCUT2D eigenvalue weighted by molar-refractivity contribution is 0.102. The molecule has 156 valence electrons. The van der Waals surface area contributed by atoms with Crippen LogP contribution < -0.4 is 5.32 Å². The normalized spacial score (nSPS) is 12.9. The number of pyridine rings is 1. The first-order valence-electron chi connectivity index (χ1n) is 10.5. The number of halogens is 1. The summed E-state index contributed by atoms with van der Waals surface area (Å²) in [6.45, 7) is 4.34. The summed E-state index contributed by atoms with van der Waals surface area (Å²) in [6, 6.07) is 14.2. The number of carbonyl (C=O) groups excluding carboxylic acids is 1. The monoisotopic (exact) mass is 414 g/mol. The van der Waals surface area contributed by atoms with Crippen molar-refractivity contribution in [3.63, 3.8) is 0 Å². The quantitative estimate of drug-likeness (QED) is 0.513. The molecule has 0 unspecified atom stereocenters. The molecule has 4 aromatic rings. The molecule has 0 saturated carbocycles. The number of fused-ring (bicyclic) bond motifs is 2. The largest absolute Gasteiger partial charge is 0.319 e. The number of aryl methyl sites for hydroxylation is 2. The Morgan fingerprint density at radius 1 is 1.10 bits per heavy atom. The predicted octanol–water partition coefficient (Wildman–Crippen LogP) is 4.98. The number of carbonyl (C=O) groups is 1. The highest BCUT2D eigenvalue weighted by Gasteiger charge is 2.25. The SMILES string of the molecule is Cc1nn(Cc2ccc(F)cc2)c(C)c1NC(=O)c1c2c(nc3ccccc13)CCC2. The second-order valence-corrected chi connectivity index (χ2v) is 8.07. The Balaban J connectivity index is 1.49. The van der Waals surface area contributed by atoms with Crippen molar-refractivity contribution < 1.29 is 9.18 Å². The first-order valence-corrected chi connectivity index (χ1v) is 10.5. The summed E-state index contributed by atoms with van der Waals surface area (Å²) in [7, 11) is 0. The number of hydrogen-bond donors (Lipinski definition) is 1. The van der Waals surface area contributed by atoms with Gasteiger partial charge in [-0.2, -0.15) is 5.10 Å². The first-order chi connectivity index (χ1) is 15.0. The summed E-state index contributed by atoms with van der Waals surface area (Å²) in [4.78, 5) is 18.3. The van der Waals surface area contributed by atoms with Crippen LogP contribution in [0.5, 0.6) is 0 Å². The van der Waals surface area contributed by atoms with Gasteiger partial charge in [0, 0.05) is 11.1 Å². The van der Waals surface area contributed by atoms with Crippen LogP contribution in [0.3, 0.4) is 0 Å². The number of aromatic nitrogens is 3. The Hall–Kier alpha value is -3.54. The van der Waals surface area contributed by atoms with Crippen LogP contribution in [-0.2, 0) is 19.4 Å². The number of benzene rings is 2. The van der Waals surface area contributed by atoms with E-state index in [1.165, 1.54) is 12.1 Å². The molecular formula is C25H23FN4O. The third kappa shape index (κ3) is 3.48. The molecule has 5 nitrogen and oxygen atoms in total. The molecule has 6 heteroatoms. The summed E-state index contributed by atoms with van der Waals surface area (Å²) in [5, 5.41) is 8.61. The van der Waals surface area contributed by atoms with Crippen molar-refractivity contribution in [2.24, 2.45) is 0 Å². The van der Waals surface area contributed by atoms with Crippen molar-refractivity contribution in [2.45, 2.75) is 39.7 Å². The van der Waals surface area contributed by atoms with E-state index in [4.69, 9.17) is 4.98 Å². The van der Waals surface area contributed by atoms with Gasteiger partial charge < -0.3 is 5.32 Å². The predicted molar refractivity (Wildman–Crippen MR) is 119 cm³/mol. The summed E-state index contributed by atoms with van der Waals surface area (Å²) in [5.74, 6) is -0.383. The fourth-order valence-electron chi connectivity index (χ4n) is 4.44. The van der Waals surface area contributed by atoms with Gasteiger partial charge in [0.15, 0.2) is 0 Å². The van der Waals surface area contributed by atoms with Crippen LogP contribution >= 0.6 is 0 Å². The zero-order chi connectivity index (χ0) is 21.5. The zero-order valence-corrected chi connectivity index (χ0v) is 17.6. The van der Waals surface area contributed by atoms with E-state index in [1.807, 2.05) is 42.8 Å². The second kappa shape index (κ2) is 7.61. The van der Waals surface area contributed by atoms with E-state index in [-0.39, 0.29) is 11.7 Å². The third-order valence-electron chi connectivity index (χ3n) is 6.01. The van der Waals surface area contributed by atoms with Crippen molar-refractivity contribution in [2.75, 3.05) is 5.32 Å². The van der Waals surface area contributed by atoms with Crippen molar-refractivity contribution >= 4 is 22.5 Å². The van der Waals surface area contributed by atoms with Crippen molar-refractivity contribution in [1.82, 2.24) is 14.8 Å². The average Bonchev–Trinajstić information content (AvgIpc) is 3.33. The minimum atomic E-state index is -0.262. The number of para-hydroxylation sites is 1. The third-order valence-corrected chi connectivity index (χ3v) is 6.01. The maximum absolute atomic E-state index is 13.5. The fourth-order valence-corrected chi connectivity index (χ4v) is 4.44. The number of amides is 1. The molecule has 0 saturated heterocycles. The van der Waals surface area contributed by atoms with Gasteiger partial charge in [-0.15, -0.1) is 0 Å². The molecule has 5 rings (SSSR count). The van der Waals surface area contributed by atoms with Gasteiger partial charge in [-0.1, -0.05) is 30.3 Å². The van der Waals surface area contributed by atoms with Crippen molar-refractivity contribution in [3.8, 4) is 0 Å². The molecule has 2 aromatic heterocycles. The van der Waals surface area contributed by atoms with Crippen LogP contribution in [0.15, 0.2) is 48.5 Å². The number of rotatable bonds is 4. The van der Waals surface area contributed by atoms with Gasteiger partial charge in [-0.3, -0.25) is 14.5 Å². The Morgan fingerprint density at radius 3 is 2.68 bits per heavy atom. The Morgan fingerprint density at radius 2 is 1.87 bits per heavy atom. The first kappa shape index (κ1) is 19.4. The molecule has 0 spiro atoms. The minimum Gasteiger partial charge on any atom is -0.319 e. The smallest absolute Gasteiger partial charge is 0.256 e. The molecular weight excluding hydrogens is 391 g/mol. The van der Waals surface area contributed by atoms with Crippen LogP contribution in [0.4, 0.5) is 10.1 Å². The molecule has 2 aromatic carbocycles. The van der Waals surface area contributed by atoms with E-state index in [0.717, 1.165) is 69.6 Å². The maximum atomic E-state index is 13.5. The summed E-state index contributed by atoms with van der Waals surface area (Å²) in [5.41, 5.74) is 6.96. The highest BCUT2D eigenvalue weighted by Crippen LogP contribution is 2.31. The van der Waals surface area contributed by atoms with E-state index < -0.39 is 0 Å². The lowest BCUT2D eigenvalue weighted by Crippen LogP contribution is -2.17. The molecule has 31 heavy (non-hydrogen) atoms. The standard InChI is InChI=1S/C25H23FN4O/c1-15-24(16(2)30(29-15)14-17-10-12-18(26)13-11-17)28-25(31)23-19-6-3-4-8-21(19)27-22-9-5-7-20(22)23/h3-4,6,8,10-13H,5,7,9,14H2,1-2H3,(H,28,31). The van der Waals surface area contributed by atoms with Gasteiger partial charge >= 0.3 is 0 Å². The number of nitrogens with zero attached hydrogens (tertiary/aromatic N) is 3. The van der Waals surface area contributed by atoms with Crippen LogP contribution in [-0.4, -0.2) is 20.7 Å². The van der Waals surface area contributed by atoms with Crippen LogP contribution in [0.2, 0.25) is 0 Å². The Labute approximate surface area is 179 Å². The van der Waals surface area contributed by atoms with Gasteiger partial charge in [0.25, 0.3) is 5.91 Å². The van der Waals surface area contributed by atoms with Gasteiger partial charge in [-0.25, -0.2) is 4.39 Å². The van der Waals surface area contributed by atoms with Crippen molar-refractivity contribution in [1.29, 1.82) is 0 Å². The number of anilines is 1. The molecule has 1 amide bonds. The summed E-state index contributed by atoms with van der Waals surface area (Å²) in [6.07, 6.45) is 2.80. The van der Waals surface area contributed by atoms with E-state index in [9.17, 15) is 9.18 Å². The lowest BCUT2D eigenvalue weighted by Gasteiger charge is -2.13. The molecule has 0 atom stereocenters. The highest BCUT2D eigenvalue weighted by molar-refractivity contribution is 6.14. The Bertz CT molecular complexity index is 1310. The van der Waals surface area contributed by atoms with Gasteiger partial charge in [0.2, 0.25) is 0 Å². The van der Waals surface area contributed by atoms with E-state index in [2.05, 4.69) is 10.4 Å². The van der Waals surface area contributed by atoms with Crippen molar-refractivity contribution in [3.05, 3.63) is 88.1 Å².